The second-order valence-electron chi connectivity index (χ2n) is 4.60. The molecule has 1 aromatic carbocycles. The van der Waals surface area contributed by atoms with Gasteiger partial charge in [0.15, 0.2) is 0 Å². The number of fused-ring (bicyclic) bond motifs is 1. The van der Waals surface area contributed by atoms with Gasteiger partial charge in [-0.05, 0) is 55.7 Å². The molecule has 0 bridgehead atoms. The maximum atomic E-state index is 5.71. The second-order valence-corrected chi connectivity index (χ2v) is 4.60. The van der Waals surface area contributed by atoms with Crippen molar-refractivity contribution >= 4 is 11.2 Å². The number of aryl methyl sites for hydroxylation is 3. The van der Waals surface area contributed by atoms with E-state index in [1.165, 1.54) is 11.1 Å². The normalized spacial score (nSPS) is 11.1. The minimum atomic E-state index is 0.600. The van der Waals surface area contributed by atoms with Gasteiger partial charge >= 0.3 is 0 Å². The molecule has 2 heterocycles. The first kappa shape index (κ1) is 11.0. The van der Waals surface area contributed by atoms with Crippen molar-refractivity contribution in [3.8, 4) is 11.5 Å². The molecule has 18 heavy (non-hydrogen) atoms. The molecule has 2 aromatic heterocycles. The molecule has 0 aliphatic heterocycles. The van der Waals surface area contributed by atoms with Gasteiger partial charge in [-0.3, -0.25) is 0 Å². The molecule has 0 N–H and O–H groups in total. The highest BCUT2D eigenvalue weighted by atomic mass is 16.4. The molecule has 0 amide bonds. The average Bonchev–Trinajstić information content (AvgIpc) is 2.78. The van der Waals surface area contributed by atoms with Crippen LogP contribution in [0.15, 0.2) is 34.9 Å². The van der Waals surface area contributed by atoms with Crippen LogP contribution in [0.2, 0.25) is 0 Å². The SMILES string of the molecule is Cc1ccc(-c2nc3c(C)ccnc3o2)cc1C. The van der Waals surface area contributed by atoms with Crippen molar-refractivity contribution in [2.24, 2.45) is 0 Å². The Kier molecular flexibility index (Phi) is 2.40. The minimum absolute atomic E-state index is 0.600. The maximum absolute atomic E-state index is 5.71. The summed E-state index contributed by atoms with van der Waals surface area (Å²) in [6, 6.07) is 8.15. The minimum Gasteiger partial charge on any atom is -0.418 e. The summed E-state index contributed by atoms with van der Waals surface area (Å²) in [5, 5.41) is 0. The van der Waals surface area contributed by atoms with Crippen LogP contribution >= 0.6 is 0 Å². The van der Waals surface area contributed by atoms with Gasteiger partial charge in [-0.15, -0.1) is 0 Å². The Balaban J connectivity index is 2.19. The molecule has 0 aliphatic carbocycles. The fourth-order valence-electron chi connectivity index (χ4n) is 1.95. The average molecular weight is 238 g/mol. The van der Waals surface area contributed by atoms with E-state index in [0.29, 0.717) is 11.6 Å². The van der Waals surface area contributed by atoms with Gasteiger partial charge in [0, 0.05) is 11.8 Å². The molecule has 0 atom stereocenters. The Morgan fingerprint density at radius 2 is 1.78 bits per heavy atom. The summed E-state index contributed by atoms with van der Waals surface area (Å²) in [6.07, 6.45) is 1.74. The molecule has 0 saturated carbocycles. The van der Waals surface area contributed by atoms with E-state index in [0.717, 1.165) is 16.6 Å². The van der Waals surface area contributed by atoms with Crippen molar-refractivity contribution in [1.82, 2.24) is 9.97 Å². The highest BCUT2D eigenvalue weighted by Gasteiger charge is 2.11. The van der Waals surface area contributed by atoms with Gasteiger partial charge < -0.3 is 4.42 Å². The van der Waals surface area contributed by atoms with Gasteiger partial charge in [-0.25, -0.2) is 9.97 Å². The Hall–Kier alpha value is -2.16. The zero-order valence-electron chi connectivity index (χ0n) is 10.7. The molecule has 3 nitrogen and oxygen atoms in total. The molecule has 0 fully saturated rings. The van der Waals surface area contributed by atoms with Crippen LogP contribution < -0.4 is 0 Å². The summed E-state index contributed by atoms with van der Waals surface area (Å²) in [5.74, 6) is 0.634. The van der Waals surface area contributed by atoms with E-state index in [1.54, 1.807) is 6.20 Å². The monoisotopic (exact) mass is 238 g/mol. The molecule has 0 radical (unpaired) electrons. The van der Waals surface area contributed by atoms with Crippen LogP contribution in [-0.4, -0.2) is 9.97 Å². The third kappa shape index (κ3) is 1.68. The molecule has 90 valence electrons. The van der Waals surface area contributed by atoms with E-state index in [1.807, 2.05) is 19.1 Å². The fourth-order valence-corrected chi connectivity index (χ4v) is 1.95. The smallest absolute Gasteiger partial charge is 0.247 e. The lowest BCUT2D eigenvalue weighted by atomic mass is 10.1. The van der Waals surface area contributed by atoms with Crippen LogP contribution in [0.25, 0.3) is 22.7 Å². The molecule has 3 rings (SSSR count). The molecule has 0 aliphatic rings. The van der Waals surface area contributed by atoms with Gasteiger partial charge in [0.25, 0.3) is 0 Å². The van der Waals surface area contributed by atoms with Crippen molar-refractivity contribution in [2.75, 3.05) is 0 Å². The highest BCUT2D eigenvalue weighted by Crippen LogP contribution is 2.25. The number of rotatable bonds is 1. The van der Waals surface area contributed by atoms with E-state index in [4.69, 9.17) is 4.42 Å². The van der Waals surface area contributed by atoms with E-state index >= 15 is 0 Å². The summed E-state index contributed by atoms with van der Waals surface area (Å²) < 4.78 is 5.71. The topological polar surface area (TPSA) is 38.9 Å². The molecule has 0 saturated heterocycles. The predicted octanol–water partition coefficient (Wildman–Crippen LogP) is 3.82. The second kappa shape index (κ2) is 3.95. The summed E-state index contributed by atoms with van der Waals surface area (Å²) in [5.41, 5.74) is 6.02. The van der Waals surface area contributed by atoms with Crippen molar-refractivity contribution in [3.05, 3.63) is 47.2 Å². The fraction of sp³-hybridized carbons (Fsp3) is 0.200. The Bertz CT molecular complexity index is 728. The summed E-state index contributed by atoms with van der Waals surface area (Å²) in [4.78, 5) is 8.72. The van der Waals surface area contributed by atoms with Crippen LogP contribution in [-0.2, 0) is 0 Å². The third-order valence-electron chi connectivity index (χ3n) is 3.25. The molecule has 3 aromatic rings. The lowest BCUT2D eigenvalue weighted by Crippen LogP contribution is -1.83. The first-order chi connectivity index (χ1) is 8.65. The number of aromatic nitrogens is 2. The molecular weight excluding hydrogens is 224 g/mol. The number of nitrogens with zero attached hydrogens (tertiary/aromatic N) is 2. The van der Waals surface area contributed by atoms with Gasteiger partial charge in [0.2, 0.25) is 11.6 Å². The third-order valence-corrected chi connectivity index (χ3v) is 3.25. The van der Waals surface area contributed by atoms with E-state index in [9.17, 15) is 0 Å². The Morgan fingerprint density at radius 3 is 2.50 bits per heavy atom. The van der Waals surface area contributed by atoms with Crippen LogP contribution in [0.4, 0.5) is 0 Å². The van der Waals surface area contributed by atoms with Crippen molar-refractivity contribution < 1.29 is 4.42 Å². The van der Waals surface area contributed by atoms with Crippen molar-refractivity contribution in [1.29, 1.82) is 0 Å². The van der Waals surface area contributed by atoms with Crippen LogP contribution in [0.1, 0.15) is 16.7 Å². The first-order valence-electron chi connectivity index (χ1n) is 5.95. The number of oxazole rings is 1. The van der Waals surface area contributed by atoms with Crippen LogP contribution in [0, 0.1) is 20.8 Å². The quantitative estimate of drug-likeness (QED) is 0.647. The van der Waals surface area contributed by atoms with Crippen LogP contribution in [0.3, 0.4) is 0 Å². The van der Waals surface area contributed by atoms with Gasteiger partial charge in [-0.2, -0.15) is 0 Å². The van der Waals surface area contributed by atoms with Crippen molar-refractivity contribution in [2.45, 2.75) is 20.8 Å². The van der Waals surface area contributed by atoms with E-state index in [2.05, 4.69) is 35.9 Å². The lowest BCUT2D eigenvalue weighted by Gasteiger charge is -2.00. The van der Waals surface area contributed by atoms with Crippen molar-refractivity contribution in [3.63, 3.8) is 0 Å². The molecule has 0 spiro atoms. The number of benzene rings is 1. The number of pyridine rings is 1. The summed E-state index contributed by atoms with van der Waals surface area (Å²) >= 11 is 0. The van der Waals surface area contributed by atoms with Gasteiger partial charge in [0.1, 0.15) is 5.52 Å². The predicted molar refractivity (Wildman–Crippen MR) is 71.5 cm³/mol. The van der Waals surface area contributed by atoms with Crippen LogP contribution in [0.5, 0.6) is 0 Å². The largest absolute Gasteiger partial charge is 0.418 e. The zero-order valence-corrected chi connectivity index (χ0v) is 10.7. The highest BCUT2D eigenvalue weighted by molar-refractivity contribution is 5.75. The first-order valence-corrected chi connectivity index (χ1v) is 5.95. The molecule has 3 heteroatoms. The van der Waals surface area contributed by atoms with Gasteiger partial charge in [-0.1, -0.05) is 6.07 Å². The Labute approximate surface area is 105 Å². The van der Waals surface area contributed by atoms with E-state index in [-0.39, 0.29) is 0 Å². The summed E-state index contributed by atoms with van der Waals surface area (Å²) in [6.45, 7) is 6.19. The zero-order chi connectivity index (χ0) is 12.7. The maximum Gasteiger partial charge on any atom is 0.247 e. The Morgan fingerprint density at radius 1 is 0.944 bits per heavy atom. The van der Waals surface area contributed by atoms with Gasteiger partial charge in [0.05, 0.1) is 0 Å². The lowest BCUT2D eigenvalue weighted by molar-refractivity contribution is 0.607. The summed E-state index contributed by atoms with van der Waals surface area (Å²) in [7, 11) is 0. The standard InChI is InChI=1S/C15H14N2O/c1-9-4-5-12(8-11(9)3)14-17-13-10(2)6-7-16-15(13)18-14/h4-8H,1-3H3. The number of hydrogen-bond donors (Lipinski definition) is 0. The molecule has 0 unspecified atom stereocenters. The van der Waals surface area contributed by atoms with E-state index < -0.39 is 0 Å². The number of hydrogen-bond acceptors (Lipinski definition) is 3. The molecular formula is C15H14N2O.